The van der Waals surface area contributed by atoms with Gasteiger partial charge in [-0.3, -0.25) is 9.59 Å². The van der Waals surface area contributed by atoms with Crippen molar-refractivity contribution in [3.05, 3.63) is 41.0 Å². The van der Waals surface area contributed by atoms with Gasteiger partial charge in [-0.25, -0.2) is 4.79 Å². The monoisotopic (exact) mass is 472 g/mol. The van der Waals surface area contributed by atoms with E-state index in [9.17, 15) is 14.4 Å². The lowest BCUT2D eigenvalue weighted by Gasteiger charge is -2.30. The Morgan fingerprint density at radius 2 is 1.85 bits per heavy atom. The molecule has 10 nitrogen and oxygen atoms in total. The third kappa shape index (κ3) is 6.33. The summed E-state index contributed by atoms with van der Waals surface area (Å²) < 4.78 is 15.4. The fourth-order valence-corrected chi connectivity index (χ4v) is 4.27. The van der Waals surface area contributed by atoms with E-state index in [-0.39, 0.29) is 31.2 Å². The first kappa shape index (κ1) is 25.2. The zero-order valence-electron chi connectivity index (χ0n) is 19.9. The number of carbonyl (C=O) groups excluding carboxylic acids is 3. The van der Waals surface area contributed by atoms with E-state index in [0.29, 0.717) is 23.0 Å². The molecule has 2 aromatic rings. The number of esters is 1. The molecule has 2 amide bonds. The Kier molecular flexibility index (Phi) is 8.61. The van der Waals surface area contributed by atoms with Crippen LogP contribution in [0.5, 0.6) is 5.75 Å². The van der Waals surface area contributed by atoms with E-state index >= 15 is 0 Å². The molecule has 0 bridgehead atoms. The van der Waals surface area contributed by atoms with E-state index < -0.39 is 11.5 Å². The van der Waals surface area contributed by atoms with Crippen LogP contribution in [0.2, 0.25) is 0 Å². The van der Waals surface area contributed by atoms with Gasteiger partial charge in [-0.15, -0.1) is 0 Å². The number of hydrogen-bond acceptors (Lipinski definition) is 8. The summed E-state index contributed by atoms with van der Waals surface area (Å²) in [4.78, 5) is 40.7. The molecule has 184 valence electrons. The van der Waals surface area contributed by atoms with E-state index in [2.05, 4.69) is 20.8 Å². The predicted molar refractivity (Wildman–Crippen MR) is 122 cm³/mol. The molecule has 3 rings (SSSR count). The highest BCUT2D eigenvalue weighted by atomic mass is 16.5. The fraction of sp³-hybridized carbons (Fsp3) is 0.542. The van der Waals surface area contributed by atoms with Crippen LogP contribution in [-0.4, -0.2) is 42.1 Å². The second kappa shape index (κ2) is 11.6. The number of ether oxygens (including phenoxy) is 2. The zero-order chi connectivity index (χ0) is 24.6. The molecule has 0 saturated heterocycles. The number of aromatic nitrogens is 2. The number of aryl methyl sites for hydroxylation is 1. The maximum absolute atomic E-state index is 12.4. The molecule has 1 fully saturated rings. The quantitative estimate of drug-likeness (QED) is 0.420. The lowest BCUT2D eigenvalue weighted by atomic mass is 9.89. The summed E-state index contributed by atoms with van der Waals surface area (Å²) in [5.41, 5.74) is 0.417. The first-order chi connectivity index (χ1) is 16.4. The topological polar surface area (TPSA) is 133 Å². The smallest absolute Gasteiger partial charge is 0.341 e. The van der Waals surface area contributed by atoms with Crippen molar-refractivity contribution >= 4 is 17.8 Å². The average molecular weight is 473 g/mol. The molecule has 1 heterocycles. The number of rotatable bonds is 9. The summed E-state index contributed by atoms with van der Waals surface area (Å²) in [5.74, 6) is 0.413. The number of hydrogen-bond donors (Lipinski definition) is 2. The number of nitrogens with one attached hydrogen (secondary N) is 2. The summed E-state index contributed by atoms with van der Waals surface area (Å²) >= 11 is 0. The van der Waals surface area contributed by atoms with Gasteiger partial charge in [0.2, 0.25) is 17.7 Å². The van der Waals surface area contributed by atoms with Gasteiger partial charge in [0.1, 0.15) is 16.9 Å². The van der Waals surface area contributed by atoms with Gasteiger partial charge in [0.25, 0.3) is 0 Å². The SMILES string of the molecule is COC(=O)c1cc(CNC(=O)CCc2nc(C3(NC(C)=O)CCCCCC3)no2)ccc1OC. The Balaban J connectivity index is 1.58. The van der Waals surface area contributed by atoms with Gasteiger partial charge in [-0.1, -0.05) is 36.9 Å². The molecule has 2 N–H and O–H groups in total. The second-order valence-electron chi connectivity index (χ2n) is 8.49. The van der Waals surface area contributed by atoms with Crippen LogP contribution in [0.25, 0.3) is 0 Å². The minimum atomic E-state index is -0.613. The van der Waals surface area contributed by atoms with Gasteiger partial charge >= 0.3 is 5.97 Å². The standard InChI is InChI=1S/C24H32N4O6/c1-16(29)27-24(12-6-4-5-7-13-24)23-26-21(34-28-23)11-10-20(30)25-15-17-8-9-19(32-2)18(14-17)22(31)33-3/h8-9,14H,4-7,10-13,15H2,1-3H3,(H,25,30)(H,27,29). The summed E-state index contributed by atoms with van der Waals surface area (Å²) in [6, 6.07) is 5.06. The van der Waals surface area contributed by atoms with Crippen molar-refractivity contribution < 1.29 is 28.4 Å². The van der Waals surface area contributed by atoms with Crippen LogP contribution >= 0.6 is 0 Å². The van der Waals surface area contributed by atoms with E-state index in [4.69, 9.17) is 14.0 Å². The van der Waals surface area contributed by atoms with Gasteiger partial charge < -0.3 is 24.6 Å². The Morgan fingerprint density at radius 1 is 1.12 bits per heavy atom. The van der Waals surface area contributed by atoms with Crippen molar-refractivity contribution in [2.24, 2.45) is 0 Å². The molecule has 0 atom stereocenters. The van der Waals surface area contributed by atoms with Crippen molar-refractivity contribution in [1.82, 2.24) is 20.8 Å². The van der Waals surface area contributed by atoms with E-state index in [0.717, 1.165) is 44.1 Å². The predicted octanol–water partition coefficient (Wildman–Crippen LogP) is 2.80. The van der Waals surface area contributed by atoms with Gasteiger partial charge in [0.15, 0.2) is 5.82 Å². The van der Waals surface area contributed by atoms with Crippen molar-refractivity contribution in [3.63, 3.8) is 0 Å². The highest BCUT2D eigenvalue weighted by Gasteiger charge is 2.38. The first-order valence-corrected chi connectivity index (χ1v) is 11.5. The van der Waals surface area contributed by atoms with E-state index in [1.165, 1.54) is 21.1 Å². The lowest BCUT2D eigenvalue weighted by Crippen LogP contribution is -2.45. The highest BCUT2D eigenvalue weighted by molar-refractivity contribution is 5.92. The molecule has 1 aromatic carbocycles. The number of carbonyl (C=O) groups is 3. The van der Waals surface area contributed by atoms with Crippen LogP contribution in [0.15, 0.2) is 22.7 Å². The van der Waals surface area contributed by atoms with Crippen molar-refractivity contribution in [2.75, 3.05) is 14.2 Å². The second-order valence-corrected chi connectivity index (χ2v) is 8.49. The number of amides is 2. The van der Waals surface area contributed by atoms with Gasteiger partial charge in [-0.2, -0.15) is 4.98 Å². The molecule has 0 unspecified atom stereocenters. The molecule has 1 aliphatic carbocycles. The molecule has 0 radical (unpaired) electrons. The summed E-state index contributed by atoms with van der Waals surface area (Å²) in [7, 11) is 2.77. The van der Waals surface area contributed by atoms with E-state index in [1.54, 1.807) is 18.2 Å². The lowest BCUT2D eigenvalue weighted by molar-refractivity contribution is -0.122. The molecular weight excluding hydrogens is 440 g/mol. The molecule has 1 aliphatic rings. The Hall–Kier alpha value is -3.43. The van der Waals surface area contributed by atoms with Crippen LogP contribution < -0.4 is 15.4 Å². The molecule has 34 heavy (non-hydrogen) atoms. The first-order valence-electron chi connectivity index (χ1n) is 11.5. The number of methoxy groups -OCH3 is 2. The Labute approximate surface area is 198 Å². The van der Waals surface area contributed by atoms with Crippen LogP contribution in [0, 0.1) is 0 Å². The van der Waals surface area contributed by atoms with E-state index in [1.807, 2.05) is 0 Å². The molecule has 1 aromatic heterocycles. The molecule has 10 heteroatoms. The molecule has 0 aliphatic heterocycles. The largest absolute Gasteiger partial charge is 0.496 e. The summed E-state index contributed by atoms with van der Waals surface area (Å²) in [6.07, 6.45) is 6.16. The molecule has 0 spiro atoms. The summed E-state index contributed by atoms with van der Waals surface area (Å²) in [5, 5.41) is 10.0. The number of nitrogens with zero attached hydrogens (tertiary/aromatic N) is 2. The number of benzene rings is 1. The highest BCUT2D eigenvalue weighted by Crippen LogP contribution is 2.34. The van der Waals surface area contributed by atoms with Crippen molar-refractivity contribution in [3.8, 4) is 5.75 Å². The maximum atomic E-state index is 12.4. The van der Waals surface area contributed by atoms with Crippen LogP contribution in [0.1, 0.15) is 79.5 Å². The van der Waals surface area contributed by atoms with Crippen molar-refractivity contribution in [2.45, 2.75) is 70.4 Å². The van der Waals surface area contributed by atoms with Gasteiger partial charge in [0.05, 0.1) is 14.2 Å². The van der Waals surface area contributed by atoms with Crippen LogP contribution in [0.3, 0.4) is 0 Å². The molecule has 1 saturated carbocycles. The van der Waals surface area contributed by atoms with Crippen LogP contribution in [-0.2, 0) is 32.8 Å². The Bertz CT molecular complexity index is 1010. The minimum absolute atomic E-state index is 0.124. The third-order valence-corrected chi connectivity index (χ3v) is 5.99. The van der Waals surface area contributed by atoms with Crippen molar-refractivity contribution in [1.29, 1.82) is 0 Å². The van der Waals surface area contributed by atoms with Gasteiger partial charge in [0, 0.05) is 26.3 Å². The normalized spacial score (nSPS) is 15.1. The van der Waals surface area contributed by atoms with Gasteiger partial charge in [-0.05, 0) is 30.5 Å². The Morgan fingerprint density at radius 3 is 2.50 bits per heavy atom. The summed E-state index contributed by atoms with van der Waals surface area (Å²) in [6.45, 7) is 1.74. The zero-order valence-corrected chi connectivity index (χ0v) is 19.9. The third-order valence-electron chi connectivity index (χ3n) is 5.99. The average Bonchev–Trinajstić information content (AvgIpc) is 3.20. The molecular formula is C24H32N4O6. The van der Waals surface area contributed by atoms with Crippen LogP contribution in [0.4, 0.5) is 0 Å². The maximum Gasteiger partial charge on any atom is 0.341 e. The minimum Gasteiger partial charge on any atom is -0.496 e. The fourth-order valence-electron chi connectivity index (χ4n) is 4.27.